The van der Waals surface area contributed by atoms with Crippen molar-refractivity contribution in [2.75, 3.05) is 40.9 Å². The summed E-state index contributed by atoms with van der Waals surface area (Å²) in [6.07, 6.45) is 88.5. The highest BCUT2D eigenvalue weighted by Crippen LogP contribution is 2.43. The van der Waals surface area contributed by atoms with E-state index >= 15 is 0 Å². The summed E-state index contributed by atoms with van der Waals surface area (Å²) in [7, 11) is 1.45. The molecule has 0 aliphatic carbocycles. The van der Waals surface area contributed by atoms with Crippen molar-refractivity contribution in [3.63, 3.8) is 0 Å². The Hall–Kier alpha value is -4.11. The number of hydrogen-bond acceptors (Lipinski definition) is 6. The minimum atomic E-state index is -4.47. The molecule has 0 heterocycles. The number of hydrogen-bond donors (Lipinski definition) is 2. The van der Waals surface area contributed by atoms with Gasteiger partial charge in [-0.2, -0.15) is 0 Å². The van der Waals surface area contributed by atoms with Gasteiger partial charge in [-0.25, -0.2) is 4.57 Å². The third kappa shape index (κ3) is 62.2. The predicted molar refractivity (Wildman–Crippen MR) is 359 cm³/mol. The number of carbonyl (C=O) groups is 2. The molecule has 0 spiro atoms. The van der Waals surface area contributed by atoms with Crippen molar-refractivity contribution in [3.8, 4) is 0 Å². The highest BCUT2D eigenvalue weighted by Gasteiger charge is 2.30. The van der Waals surface area contributed by atoms with Crippen LogP contribution in [0.1, 0.15) is 252 Å². The number of nitrogens with zero attached hydrogens (tertiary/aromatic N) is 1. The number of amides is 1. The molecule has 0 aromatic rings. The molecule has 3 unspecified atom stereocenters. The second kappa shape index (κ2) is 61.0. The van der Waals surface area contributed by atoms with Crippen LogP contribution >= 0.6 is 7.82 Å². The number of ether oxygens (including phenoxy) is 1. The first-order valence-corrected chi connectivity index (χ1v) is 34.7. The molecule has 0 rings (SSSR count). The Bertz CT molecular complexity index is 1930. The third-order valence-corrected chi connectivity index (χ3v) is 14.8. The number of phosphoric acid groups is 1. The van der Waals surface area contributed by atoms with Crippen LogP contribution in [0.15, 0.2) is 146 Å². The van der Waals surface area contributed by atoms with E-state index in [4.69, 9.17) is 13.8 Å². The van der Waals surface area contributed by atoms with Crippen molar-refractivity contribution >= 4 is 19.7 Å². The molecule has 2 N–H and O–H groups in total. The number of esters is 1. The zero-order valence-electron chi connectivity index (χ0n) is 53.9. The normalized spacial score (nSPS) is 14.5. The smallest absolute Gasteiger partial charge is 0.456 e. The summed E-state index contributed by atoms with van der Waals surface area (Å²) in [4.78, 5) is 37.8. The van der Waals surface area contributed by atoms with E-state index in [1.54, 1.807) is 0 Å². The van der Waals surface area contributed by atoms with Crippen molar-refractivity contribution in [1.29, 1.82) is 0 Å². The standard InChI is InChI=1S/C73H123N2O7P/c1-7-10-13-16-19-22-25-27-29-31-33-35-37-39-41-43-45-47-50-53-56-59-62-65-72(76)74-70(69-81-83(78,79)80-68-67-75(4,5)6)71(64-61-58-55-52-49-24-21-18-15-12-9-3)82-73(77)66-63-60-57-54-51-48-46-44-42-40-38-36-34-32-30-28-26-23-20-17-14-11-8-2/h10-11,13-14,19-20,22-23,27-30,33-36,39-42,45,47,61,64,70-71H,7-9,12,15-18,21,24-26,31-32,37-38,43-44,46,48-60,62-63,65-69H2,1-6H3,(H-,74,76,78,79)/p+1/b13-10-,14-11-,22-19-,23-20-,29-27-,30-28-,35-33-,36-34-,41-39-,42-40-,47-45-,64-61+. The van der Waals surface area contributed by atoms with Crippen molar-refractivity contribution in [3.05, 3.63) is 146 Å². The highest BCUT2D eigenvalue weighted by molar-refractivity contribution is 7.47. The molecular weight excluding hydrogens is 1050 g/mol. The summed E-state index contributed by atoms with van der Waals surface area (Å²) in [5.41, 5.74) is 0. The first-order chi connectivity index (χ1) is 40.4. The summed E-state index contributed by atoms with van der Waals surface area (Å²) >= 11 is 0. The number of phosphoric ester groups is 1. The lowest BCUT2D eigenvalue weighted by Gasteiger charge is -2.27. The van der Waals surface area contributed by atoms with Crippen LogP contribution in [0, 0.1) is 0 Å². The number of carbonyl (C=O) groups excluding carboxylic acids is 2. The number of unbranched alkanes of at least 4 members (excludes halogenated alkanes) is 20. The molecule has 10 heteroatoms. The summed E-state index contributed by atoms with van der Waals surface area (Å²) in [5.74, 6) is -0.558. The van der Waals surface area contributed by atoms with E-state index in [2.05, 4.69) is 160 Å². The Labute approximate surface area is 510 Å². The van der Waals surface area contributed by atoms with E-state index in [1.807, 2.05) is 33.3 Å². The molecule has 0 saturated heterocycles. The second-order valence-electron chi connectivity index (χ2n) is 22.9. The first-order valence-electron chi connectivity index (χ1n) is 33.2. The molecule has 83 heavy (non-hydrogen) atoms. The maximum Gasteiger partial charge on any atom is 0.472 e. The number of allylic oxidation sites excluding steroid dienone is 23. The molecule has 3 atom stereocenters. The number of quaternary nitrogens is 1. The maximum absolute atomic E-state index is 13.6. The van der Waals surface area contributed by atoms with Crippen molar-refractivity contribution in [2.24, 2.45) is 0 Å². The lowest BCUT2D eigenvalue weighted by atomic mass is 10.1. The van der Waals surface area contributed by atoms with Gasteiger partial charge in [-0.1, -0.05) is 257 Å². The zero-order valence-corrected chi connectivity index (χ0v) is 54.8. The first kappa shape index (κ1) is 78.9. The van der Waals surface area contributed by atoms with Gasteiger partial charge in [0.05, 0.1) is 33.8 Å². The number of rotatable bonds is 58. The molecule has 0 aliphatic rings. The summed E-state index contributed by atoms with van der Waals surface area (Å²) in [5, 5.41) is 3.04. The Morgan fingerprint density at radius 2 is 0.771 bits per heavy atom. The van der Waals surface area contributed by atoms with Crippen LogP contribution in [0.25, 0.3) is 0 Å². The van der Waals surface area contributed by atoms with Gasteiger partial charge in [-0.05, 0) is 128 Å². The van der Waals surface area contributed by atoms with Crippen LogP contribution in [0.4, 0.5) is 0 Å². The summed E-state index contributed by atoms with van der Waals surface area (Å²) in [6.45, 7) is 6.74. The van der Waals surface area contributed by atoms with E-state index in [0.717, 1.165) is 141 Å². The fraction of sp³-hybridized carbons (Fsp3) is 0.644. The summed E-state index contributed by atoms with van der Waals surface area (Å²) in [6, 6.07) is -0.879. The lowest BCUT2D eigenvalue weighted by Crippen LogP contribution is -2.47. The highest BCUT2D eigenvalue weighted by atomic mass is 31.2. The molecule has 0 aromatic heterocycles. The Balaban J connectivity index is 5.22. The molecule has 0 radical (unpaired) electrons. The number of nitrogens with one attached hydrogen (secondary N) is 1. The van der Waals surface area contributed by atoms with Gasteiger partial charge in [0.1, 0.15) is 19.3 Å². The van der Waals surface area contributed by atoms with Gasteiger partial charge in [0.15, 0.2) is 0 Å². The van der Waals surface area contributed by atoms with Gasteiger partial charge >= 0.3 is 13.8 Å². The topological polar surface area (TPSA) is 111 Å². The van der Waals surface area contributed by atoms with E-state index in [-0.39, 0.29) is 31.5 Å². The third-order valence-electron chi connectivity index (χ3n) is 13.8. The fourth-order valence-corrected chi connectivity index (χ4v) is 9.47. The van der Waals surface area contributed by atoms with Crippen LogP contribution in [0.5, 0.6) is 0 Å². The van der Waals surface area contributed by atoms with E-state index in [0.29, 0.717) is 30.3 Å². The van der Waals surface area contributed by atoms with Gasteiger partial charge in [0, 0.05) is 12.8 Å². The molecule has 0 fully saturated rings. The van der Waals surface area contributed by atoms with E-state index in [9.17, 15) is 19.0 Å². The van der Waals surface area contributed by atoms with E-state index in [1.165, 1.54) is 64.2 Å². The minimum Gasteiger partial charge on any atom is -0.456 e. The van der Waals surface area contributed by atoms with Gasteiger partial charge in [0.2, 0.25) is 5.91 Å². The van der Waals surface area contributed by atoms with Gasteiger partial charge in [-0.15, -0.1) is 0 Å². The van der Waals surface area contributed by atoms with Crippen LogP contribution in [-0.2, 0) is 27.9 Å². The summed E-state index contributed by atoms with van der Waals surface area (Å²) < 4.78 is 30.7. The molecule has 0 bridgehead atoms. The fourth-order valence-electron chi connectivity index (χ4n) is 8.73. The SMILES string of the molecule is CC/C=C\C/C=C\C/C=C\C/C=C\C/C=C\C/C=C\CCCCCCC(=O)NC(COP(=O)(O)OCC[N+](C)(C)C)C(/C=C/CCCCCCCCCCC)OC(=O)CCCCCCCCC/C=C\C/C=C\C/C=C\C/C=C\C/C=C\CC. The van der Waals surface area contributed by atoms with Gasteiger partial charge < -0.3 is 19.4 Å². The Kier molecular flexibility index (Phi) is 58.0. The second-order valence-corrected chi connectivity index (χ2v) is 24.3. The van der Waals surface area contributed by atoms with E-state index < -0.39 is 20.0 Å². The van der Waals surface area contributed by atoms with Crippen molar-refractivity contribution in [2.45, 2.75) is 264 Å². The molecule has 472 valence electrons. The molecule has 1 amide bonds. The van der Waals surface area contributed by atoms with Crippen LogP contribution < -0.4 is 5.32 Å². The minimum absolute atomic E-state index is 0.0244. The molecule has 9 nitrogen and oxygen atoms in total. The van der Waals surface area contributed by atoms with Crippen LogP contribution in [0.3, 0.4) is 0 Å². The predicted octanol–water partition coefficient (Wildman–Crippen LogP) is 21.0. The molecule has 0 aromatic carbocycles. The Morgan fingerprint density at radius 3 is 1.16 bits per heavy atom. The van der Waals surface area contributed by atoms with Gasteiger partial charge in [0.25, 0.3) is 0 Å². The lowest BCUT2D eigenvalue weighted by molar-refractivity contribution is -0.870. The zero-order chi connectivity index (χ0) is 60.7. The Morgan fingerprint density at radius 1 is 0.434 bits per heavy atom. The molecule has 0 aliphatic heterocycles. The quantitative estimate of drug-likeness (QED) is 0.0205. The maximum atomic E-state index is 13.6. The van der Waals surface area contributed by atoms with Crippen molar-refractivity contribution in [1.82, 2.24) is 5.32 Å². The van der Waals surface area contributed by atoms with Crippen LogP contribution in [0.2, 0.25) is 0 Å². The molecule has 0 saturated carbocycles. The largest absolute Gasteiger partial charge is 0.472 e. The van der Waals surface area contributed by atoms with Gasteiger partial charge in [-0.3, -0.25) is 18.6 Å². The molecular formula is C73H124N2O7P+. The number of likely N-dealkylation sites (N-methyl/N-ethyl adjacent to an activating group) is 1. The average molecular weight is 1170 g/mol. The van der Waals surface area contributed by atoms with Crippen LogP contribution in [-0.4, -0.2) is 74.3 Å². The monoisotopic (exact) mass is 1170 g/mol. The van der Waals surface area contributed by atoms with Crippen molar-refractivity contribution < 1.29 is 37.3 Å². The average Bonchev–Trinajstić information content (AvgIpc) is 3.51.